The number of hydrogen-bond acceptors (Lipinski definition) is 1. The zero-order valence-electron chi connectivity index (χ0n) is 5.89. The molecule has 1 aromatic heterocycles. The van der Waals surface area contributed by atoms with E-state index in [4.69, 9.17) is 0 Å². The summed E-state index contributed by atoms with van der Waals surface area (Å²) in [6.45, 7) is 4.20. The molecule has 0 radical (unpaired) electrons. The molecule has 1 nitrogen and oxygen atoms in total. The fraction of sp³-hybridized carbons (Fsp3) is 0.375. The number of nitrogens with zero attached hydrogens (tertiary/aromatic N) is 1. The molecule has 0 saturated heterocycles. The Balaban J connectivity index is 0.000000810. The molecule has 10 heavy (non-hydrogen) atoms. The molecule has 0 bridgehead atoms. The van der Waals surface area contributed by atoms with Gasteiger partial charge in [0, 0.05) is 11.9 Å². The topological polar surface area (TPSA) is 12.9 Å². The van der Waals surface area contributed by atoms with Crippen LogP contribution in [0.25, 0.3) is 0 Å². The predicted octanol–water partition coefficient (Wildman–Crippen LogP) is 0.769. The van der Waals surface area contributed by atoms with E-state index in [0.29, 0.717) is 0 Å². The lowest BCUT2D eigenvalue weighted by atomic mass is 10.2. The first-order valence-electron chi connectivity index (χ1n) is 3.24. The SMILES string of the molecule is B.CCc1cc(C)ccn1. The molecule has 54 valence electrons. The fourth-order valence-electron chi connectivity index (χ4n) is 0.792. The number of hydrogen-bond donors (Lipinski definition) is 0. The Bertz CT molecular complexity index is 198. The highest BCUT2D eigenvalue weighted by molar-refractivity contribution is 5.75. The van der Waals surface area contributed by atoms with E-state index in [2.05, 4.69) is 24.9 Å². The highest BCUT2D eigenvalue weighted by atomic mass is 14.7. The van der Waals surface area contributed by atoms with Crippen molar-refractivity contribution in [1.29, 1.82) is 0 Å². The van der Waals surface area contributed by atoms with E-state index >= 15 is 0 Å². The van der Waals surface area contributed by atoms with Crippen molar-refractivity contribution in [2.75, 3.05) is 0 Å². The van der Waals surface area contributed by atoms with Crippen LogP contribution < -0.4 is 0 Å². The van der Waals surface area contributed by atoms with Gasteiger partial charge in [0.05, 0.1) is 8.41 Å². The van der Waals surface area contributed by atoms with Crippen LogP contribution in [0.3, 0.4) is 0 Å². The molecule has 0 aliphatic rings. The Morgan fingerprint density at radius 3 is 2.60 bits per heavy atom. The maximum Gasteiger partial charge on any atom is 0.0814 e. The van der Waals surface area contributed by atoms with Gasteiger partial charge in [0.1, 0.15) is 0 Å². The summed E-state index contributed by atoms with van der Waals surface area (Å²) in [5.74, 6) is 0. The lowest BCUT2D eigenvalue weighted by molar-refractivity contribution is 1.03. The second-order valence-corrected chi connectivity index (χ2v) is 2.18. The molecule has 0 spiro atoms. The van der Waals surface area contributed by atoms with E-state index in [-0.39, 0.29) is 8.41 Å². The molecule has 0 atom stereocenters. The first kappa shape index (κ1) is 9.21. The Morgan fingerprint density at radius 1 is 1.50 bits per heavy atom. The molecular formula is C8H14BN. The van der Waals surface area contributed by atoms with Gasteiger partial charge < -0.3 is 0 Å². The zero-order valence-corrected chi connectivity index (χ0v) is 5.89. The van der Waals surface area contributed by atoms with Gasteiger partial charge in [0.25, 0.3) is 0 Å². The maximum absolute atomic E-state index is 4.16. The van der Waals surface area contributed by atoms with Gasteiger partial charge in [-0.1, -0.05) is 6.92 Å². The first-order valence-corrected chi connectivity index (χ1v) is 3.24. The molecule has 0 amide bonds. The highest BCUT2D eigenvalue weighted by Crippen LogP contribution is 1.98. The van der Waals surface area contributed by atoms with Crippen molar-refractivity contribution in [2.24, 2.45) is 0 Å². The van der Waals surface area contributed by atoms with Crippen molar-refractivity contribution in [2.45, 2.75) is 20.3 Å². The predicted molar refractivity (Wildman–Crippen MR) is 48.3 cm³/mol. The number of pyridine rings is 1. The van der Waals surface area contributed by atoms with Crippen LogP contribution in [-0.4, -0.2) is 13.4 Å². The molecule has 0 aromatic carbocycles. The summed E-state index contributed by atoms with van der Waals surface area (Å²) in [6, 6.07) is 4.12. The Morgan fingerprint density at radius 2 is 2.20 bits per heavy atom. The van der Waals surface area contributed by atoms with E-state index < -0.39 is 0 Å². The molecule has 0 saturated carbocycles. The minimum absolute atomic E-state index is 0. The third kappa shape index (κ3) is 2.22. The average Bonchev–Trinajstić information content (AvgIpc) is 1.88. The third-order valence-electron chi connectivity index (χ3n) is 1.33. The molecular weight excluding hydrogens is 121 g/mol. The Hall–Kier alpha value is -0.785. The van der Waals surface area contributed by atoms with Crippen molar-refractivity contribution in [3.63, 3.8) is 0 Å². The normalized spacial score (nSPS) is 8.60. The standard InChI is InChI=1S/C8H11N.BH3/c1-3-8-6-7(2)4-5-9-8;/h4-6H,3H2,1-2H3;1H3. The van der Waals surface area contributed by atoms with Gasteiger partial charge in [-0.3, -0.25) is 4.98 Å². The lowest BCUT2D eigenvalue weighted by Crippen LogP contribution is -1.85. The van der Waals surface area contributed by atoms with Crippen LogP contribution in [-0.2, 0) is 6.42 Å². The third-order valence-corrected chi connectivity index (χ3v) is 1.33. The monoisotopic (exact) mass is 135 g/mol. The summed E-state index contributed by atoms with van der Waals surface area (Å²) in [5.41, 5.74) is 2.47. The fourth-order valence-corrected chi connectivity index (χ4v) is 0.792. The lowest BCUT2D eigenvalue weighted by Gasteiger charge is -1.94. The van der Waals surface area contributed by atoms with Crippen molar-refractivity contribution < 1.29 is 0 Å². The van der Waals surface area contributed by atoms with Crippen LogP contribution in [0.4, 0.5) is 0 Å². The summed E-state index contributed by atoms with van der Waals surface area (Å²) >= 11 is 0. The van der Waals surface area contributed by atoms with Gasteiger partial charge >= 0.3 is 0 Å². The van der Waals surface area contributed by atoms with Gasteiger partial charge in [-0.2, -0.15) is 0 Å². The summed E-state index contributed by atoms with van der Waals surface area (Å²) in [7, 11) is 0. The van der Waals surface area contributed by atoms with Gasteiger partial charge in [0.2, 0.25) is 0 Å². The molecule has 0 N–H and O–H groups in total. The van der Waals surface area contributed by atoms with E-state index in [1.54, 1.807) is 0 Å². The molecule has 0 unspecified atom stereocenters. The van der Waals surface area contributed by atoms with Crippen molar-refractivity contribution in [3.05, 3.63) is 29.6 Å². The zero-order chi connectivity index (χ0) is 6.69. The van der Waals surface area contributed by atoms with Gasteiger partial charge in [-0.25, -0.2) is 0 Å². The van der Waals surface area contributed by atoms with Gasteiger partial charge in [-0.15, -0.1) is 0 Å². The molecule has 1 aromatic rings. The highest BCUT2D eigenvalue weighted by Gasteiger charge is 1.87. The van der Waals surface area contributed by atoms with E-state index in [1.165, 1.54) is 11.3 Å². The van der Waals surface area contributed by atoms with E-state index in [1.807, 2.05) is 12.3 Å². The van der Waals surface area contributed by atoms with Crippen molar-refractivity contribution in [3.8, 4) is 0 Å². The van der Waals surface area contributed by atoms with Crippen LogP contribution in [0, 0.1) is 6.92 Å². The minimum atomic E-state index is 0. The molecule has 2 heteroatoms. The number of aromatic nitrogens is 1. The summed E-state index contributed by atoms with van der Waals surface area (Å²) < 4.78 is 0. The van der Waals surface area contributed by atoms with Crippen molar-refractivity contribution >= 4 is 8.41 Å². The van der Waals surface area contributed by atoms with Crippen LogP contribution >= 0.6 is 0 Å². The smallest absolute Gasteiger partial charge is 0.0814 e. The molecule has 1 rings (SSSR count). The Labute approximate surface area is 64.1 Å². The molecule has 1 heterocycles. The van der Waals surface area contributed by atoms with Crippen molar-refractivity contribution in [1.82, 2.24) is 4.98 Å². The molecule has 0 aliphatic carbocycles. The summed E-state index contributed by atoms with van der Waals surface area (Å²) in [5, 5.41) is 0. The Kier molecular flexibility index (Phi) is 3.78. The second-order valence-electron chi connectivity index (χ2n) is 2.18. The minimum Gasteiger partial charge on any atom is -0.261 e. The maximum atomic E-state index is 4.16. The summed E-state index contributed by atoms with van der Waals surface area (Å²) in [6.07, 6.45) is 2.88. The second kappa shape index (κ2) is 4.10. The van der Waals surface area contributed by atoms with Crippen LogP contribution in [0.2, 0.25) is 0 Å². The van der Waals surface area contributed by atoms with Crippen LogP contribution in [0.5, 0.6) is 0 Å². The molecule has 0 fully saturated rings. The van der Waals surface area contributed by atoms with E-state index in [9.17, 15) is 0 Å². The quantitative estimate of drug-likeness (QED) is 0.518. The number of aryl methyl sites for hydroxylation is 2. The van der Waals surface area contributed by atoms with E-state index in [0.717, 1.165) is 6.42 Å². The summed E-state index contributed by atoms with van der Waals surface area (Å²) in [4.78, 5) is 4.16. The van der Waals surface area contributed by atoms with Crippen LogP contribution in [0.1, 0.15) is 18.2 Å². The number of rotatable bonds is 1. The molecule has 0 aliphatic heterocycles. The van der Waals surface area contributed by atoms with Crippen LogP contribution in [0.15, 0.2) is 18.3 Å². The largest absolute Gasteiger partial charge is 0.261 e. The van der Waals surface area contributed by atoms with Gasteiger partial charge in [-0.05, 0) is 31.0 Å². The average molecular weight is 135 g/mol. The van der Waals surface area contributed by atoms with Gasteiger partial charge in [0.15, 0.2) is 0 Å². The first-order chi connectivity index (χ1) is 4.33.